The molecule has 1 fully saturated rings. The average Bonchev–Trinajstić information content (AvgIpc) is 2.84. The minimum atomic E-state index is -0.935. The zero-order valence-corrected chi connectivity index (χ0v) is 24.3. The molecule has 1 aliphatic heterocycles. The zero-order chi connectivity index (χ0) is 29.3. The summed E-state index contributed by atoms with van der Waals surface area (Å²) >= 11 is 1.56. The van der Waals surface area contributed by atoms with Crippen LogP contribution in [0, 0.1) is 23.5 Å². The van der Waals surface area contributed by atoms with Crippen molar-refractivity contribution in [2.45, 2.75) is 71.6 Å². The predicted molar refractivity (Wildman–Crippen MR) is 147 cm³/mol. The van der Waals surface area contributed by atoms with Gasteiger partial charge in [-0.1, -0.05) is 13.8 Å². The molecule has 0 aromatic heterocycles. The number of amides is 4. The van der Waals surface area contributed by atoms with Crippen LogP contribution < -0.4 is 16.0 Å². The SMILES string of the molecule is CSCCC(NC(=O)OC(C)(C)C)C(=O)N1CCC(C(=O)NC(C(=O)Nc2ccc(F)cc2F)C(C)C)CC1. The number of alkyl carbamates (subject to hydrolysis) is 1. The Balaban J connectivity index is 1.96. The Hall–Kier alpha value is -2.89. The molecular formula is C27H40F2N4O5S. The van der Waals surface area contributed by atoms with E-state index in [0.29, 0.717) is 44.2 Å². The smallest absolute Gasteiger partial charge is 0.408 e. The maximum Gasteiger partial charge on any atom is 0.408 e. The Morgan fingerprint density at radius 2 is 1.74 bits per heavy atom. The van der Waals surface area contributed by atoms with Gasteiger partial charge in [-0.05, 0) is 70.1 Å². The van der Waals surface area contributed by atoms with E-state index in [2.05, 4.69) is 16.0 Å². The van der Waals surface area contributed by atoms with Crippen LogP contribution in [0.5, 0.6) is 0 Å². The molecule has 0 bridgehead atoms. The minimum Gasteiger partial charge on any atom is -0.444 e. The molecule has 0 aliphatic carbocycles. The fraction of sp³-hybridized carbons (Fsp3) is 0.630. The number of anilines is 1. The van der Waals surface area contributed by atoms with Gasteiger partial charge in [-0.15, -0.1) is 0 Å². The van der Waals surface area contributed by atoms with Crippen molar-refractivity contribution in [2.24, 2.45) is 11.8 Å². The molecule has 39 heavy (non-hydrogen) atoms. The third-order valence-corrected chi connectivity index (χ3v) is 6.86. The van der Waals surface area contributed by atoms with E-state index in [4.69, 9.17) is 4.74 Å². The van der Waals surface area contributed by atoms with Gasteiger partial charge in [0.15, 0.2) is 0 Å². The average molecular weight is 571 g/mol. The molecule has 1 aliphatic rings. The van der Waals surface area contributed by atoms with Gasteiger partial charge in [0, 0.05) is 25.1 Å². The van der Waals surface area contributed by atoms with Crippen LogP contribution in [0.25, 0.3) is 0 Å². The van der Waals surface area contributed by atoms with Crippen molar-refractivity contribution in [1.82, 2.24) is 15.5 Å². The summed E-state index contributed by atoms with van der Waals surface area (Å²) in [5, 5.41) is 7.85. The second kappa shape index (κ2) is 14.5. The van der Waals surface area contributed by atoms with Gasteiger partial charge < -0.3 is 25.6 Å². The van der Waals surface area contributed by atoms with Crippen LogP contribution in [-0.4, -0.2) is 71.5 Å². The summed E-state index contributed by atoms with van der Waals surface area (Å²) in [5.41, 5.74) is -0.870. The number of nitrogens with one attached hydrogen (secondary N) is 3. The Morgan fingerprint density at radius 1 is 1.10 bits per heavy atom. The summed E-state index contributed by atoms with van der Waals surface area (Å²) in [5.74, 6) is -2.89. The van der Waals surface area contributed by atoms with Crippen molar-refractivity contribution < 1.29 is 32.7 Å². The first-order valence-corrected chi connectivity index (χ1v) is 14.4. The standard InChI is InChI=1S/C27H40F2N4O5S/c1-16(2)22(24(35)30-20-8-7-18(28)15-19(20)29)32-23(34)17-9-12-33(13-10-17)25(36)21(11-14-39-6)31-26(37)38-27(3,4)5/h7-8,15-17,21-22H,9-14H2,1-6H3,(H,30,35)(H,31,37)(H,32,34). The molecule has 0 radical (unpaired) electrons. The largest absolute Gasteiger partial charge is 0.444 e. The number of rotatable bonds is 10. The molecular weight excluding hydrogens is 530 g/mol. The van der Waals surface area contributed by atoms with E-state index in [1.54, 1.807) is 51.3 Å². The van der Waals surface area contributed by atoms with Gasteiger partial charge in [0.25, 0.3) is 0 Å². The number of carbonyl (C=O) groups is 4. The number of benzene rings is 1. The Morgan fingerprint density at radius 3 is 2.28 bits per heavy atom. The van der Waals surface area contributed by atoms with Crippen LogP contribution in [0.2, 0.25) is 0 Å². The molecule has 0 saturated carbocycles. The number of halogens is 2. The molecule has 2 unspecified atom stereocenters. The van der Waals surface area contributed by atoms with E-state index in [1.807, 2.05) is 6.26 Å². The summed E-state index contributed by atoms with van der Waals surface area (Å²) in [4.78, 5) is 52.9. The highest BCUT2D eigenvalue weighted by Crippen LogP contribution is 2.21. The van der Waals surface area contributed by atoms with E-state index >= 15 is 0 Å². The van der Waals surface area contributed by atoms with Crippen molar-refractivity contribution >= 4 is 41.3 Å². The number of carbonyl (C=O) groups excluding carboxylic acids is 4. The highest BCUT2D eigenvalue weighted by atomic mass is 32.2. The first-order chi connectivity index (χ1) is 18.2. The first-order valence-electron chi connectivity index (χ1n) is 13.0. The van der Waals surface area contributed by atoms with Crippen LogP contribution in [0.3, 0.4) is 0 Å². The van der Waals surface area contributed by atoms with Crippen LogP contribution in [0.4, 0.5) is 19.3 Å². The molecule has 1 aromatic carbocycles. The third-order valence-electron chi connectivity index (χ3n) is 6.21. The normalized spacial score (nSPS) is 15.9. The molecule has 1 saturated heterocycles. The van der Waals surface area contributed by atoms with E-state index in [-0.39, 0.29) is 23.4 Å². The Labute approximate surface area is 233 Å². The van der Waals surface area contributed by atoms with Gasteiger partial charge >= 0.3 is 6.09 Å². The first kappa shape index (κ1) is 32.3. The van der Waals surface area contributed by atoms with Crippen molar-refractivity contribution in [3.05, 3.63) is 29.8 Å². The van der Waals surface area contributed by atoms with Gasteiger partial charge in [0.05, 0.1) is 5.69 Å². The van der Waals surface area contributed by atoms with Crippen LogP contribution in [-0.2, 0) is 19.1 Å². The van der Waals surface area contributed by atoms with Crippen molar-refractivity contribution in [3.8, 4) is 0 Å². The molecule has 9 nitrogen and oxygen atoms in total. The monoisotopic (exact) mass is 570 g/mol. The van der Waals surface area contributed by atoms with Crippen LogP contribution in [0.15, 0.2) is 18.2 Å². The summed E-state index contributed by atoms with van der Waals surface area (Å²) in [6, 6.07) is 1.15. The lowest BCUT2D eigenvalue weighted by molar-refractivity contribution is -0.138. The van der Waals surface area contributed by atoms with Gasteiger partial charge in [-0.3, -0.25) is 14.4 Å². The number of likely N-dealkylation sites (tertiary alicyclic amines) is 1. The Bertz CT molecular complexity index is 1030. The quantitative estimate of drug-likeness (QED) is 0.393. The second-order valence-electron chi connectivity index (χ2n) is 10.9. The lowest BCUT2D eigenvalue weighted by Gasteiger charge is -2.34. The van der Waals surface area contributed by atoms with Crippen molar-refractivity contribution in [1.29, 1.82) is 0 Å². The fourth-order valence-electron chi connectivity index (χ4n) is 4.13. The molecule has 218 valence electrons. The summed E-state index contributed by atoms with van der Waals surface area (Å²) in [6.07, 6.45) is 2.48. The third kappa shape index (κ3) is 10.3. The Kier molecular flexibility index (Phi) is 12.0. The summed E-state index contributed by atoms with van der Waals surface area (Å²) in [7, 11) is 0. The predicted octanol–water partition coefficient (Wildman–Crippen LogP) is 3.93. The number of hydrogen-bond acceptors (Lipinski definition) is 6. The minimum absolute atomic E-state index is 0.177. The van der Waals surface area contributed by atoms with Gasteiger partial charge in [-0.25, -0.2) is 13.6 Å². The second-order valence-corrected chi connectivity index (χ2v) is 11.9. The molecule has 1 heterocycles. The van der Waals surface area contributed by atoms with E-state index in [0.717, 1.165) is 12.1 Å². The van der Waals surface area contributed by atoms with Crippen LogP contribution in [0.1, 0.15) is 53.9 Å². The molecule has 2 atom stereocenters. The van der Waals surface area contributed by atoms with Crippen molar-refractivity contribution in [3.63, 3.8) is 0 Å². The summed E-state index contributed by atoms with van der Waals surface area (Å²) < 4.78 is 32.5. The number of thioether (sulfide) groups is 1. The molecule has 1 aromatic rings. The molecule has 12 heteroatoms. The lowest BCUT2D eigenvalue weighted by atomic mass is 9.94. The molecule has 4 amide bonds. The van der Waals surface area contributed by atoms with Gasteiger partial charge in [-0.2, -0.15) is 11.8 Å². The number of nitrogens with zero attached hydrogens (tertiary/aromatic N) is 1. The number of ether oxygens (including phenoxy) is 1. The molecule has 0 spiro atoms. The maximum absolute atomic E-state index is 14.0. The topological polar surface area (TPSA) is 117 Å². The van der Waals surface area contributed by atoms with Crippen molar-refractivity contribution in [2.75, 3.05) is 30.4 Å². The summed E-state index contributed by atoms with van der Waals surface area (Å²) in [6.45, 7) is 9.38. The molecule has 2 rings (SSSR count). The van der Waals surface area contributed by atoms with Gasteiger partial charge in [0.2, 0.25) is 17.7 Å². The highest BCUT2D eigenvalue weighted by Gasteiger charge is 2.34. The van der Waals surface area contributed by atoms with E-state index in [9.17, 15) is 28.0 Å². The van der Waals surface area contributed by atoms with E-state index < -0.39 is 47.2 Å². The van der Waals surface area contributed by atoms with Gasteiger partial charge in [0.1, 0.15) is 29.3 Å². The number of piperidine rings is 1. The van der Waals surface area contributed by atoms with Crippen LogP contribution >= 0.6 is 11.8 Å². The maximum atomic E-state index is 14.0. The molecule has 3 N–H and O–H groups in total. The van der Waals surface area contributed by atoms with E-state index in [1.165, 1.54) is 0 Å². The highest BCUT2D eigenvalue weighted by molar-refractivity contribution is 7.98. The fourth-order valence-corrected chi connectivity index (χ4v) is 4.60. The lowest BCUT2D eigenvalue weighted by Crippen LogP contribution is -2.54. The number of hydrogen-bond donors (Lipinski definition) is 3. The zero-order valence-electron chi connectivity index (χ0n) is 23.4.